The molecule has 1 unspecified atom stereocenters. The number of hydrogen-bond acceptors (Lipinski definition) is 9. The lowest BCUT2D eigenvalue weighted by Gasteiger charge is -2.36. The number of nitrogens with one attached hydrogen (secondary N) is 1. The fraction of sp³-hybridized carbons (Fsp3) is 0.344. The number of ether oxygens (including phenoxy) is 2. The van der Waals surface area contributed by atoms with Crippen LogP contribution in [0.5, 0.6) is 5.75 Å². The van der Waals surface area contributed by atoms with Crippen LogP contribution in [-0.4, -0.2) is 73.5 Å². The van der Waals surface area contributed by atoms with Crippen molar-refractivity contribution >= 4 is 16.7 Å². The van der Waals surface area contributed by atoms with Gasteiger partial charge in [0, 0.05) is 50.1 Å². The number of H-pyrrole nitrogens is 1. The number of hydrogen-bond donors (Lipinski definition) is 1. The number of imidazole rings is 1. The van der Waals surface area contributed by atoms with Gasteiger partial charge < -0.3 is 23.9 Å². The van der Waals surface area contributed by atoms with Crippen molar-refractivity contribution in [3.8, 4) is 23.3 Å². The van der Waals surface area contributed by atoms with Gasteiger partial charge in [-0.25, -0.2) is 13.8 Å². The topological polar surface area (TPSA) is 121 Å². The van der Waals surface area contributed by atoms with Gasteiger partial charge in [-0.05, 0) is 36.8 Å². The van der Waals surface area contributed by atoms with Gasteiger partial charge >= 0.3 is 6.18 Å². The molecule has 1 atom stereocenters. The van der Waals surface area contributed by atoms with E-state index < -0.39 is 23.6 Å². The molecule has 16 heteroatoms. The van der Waals surface area contributed by atoms with Crippen molar-refractivity contribution in [2.45, 2.75) is 38.4 Å². The van der Waals surface area contributed by atoms with E-state index in [1.54, 1.807) is 24.4 Å². The maximum Gasteiger partial charge on any atom is 0.451 e. The third-order valence-electron chi connectivity index (χ3n) is 8.47. The highest BCUT2D eigenvalue weighted by Gasteiger charge is 2.35. The number of aromatic nitrogens is 6. The fourth-order valence-corrected chi connectivity index (χ4v) is 5.72. The van der Waals surface area contributed by atoms with E-state index in [0.717, 1.165) is 29.5 Å². The van der Waals surface area contributed by atoms with Gasteiger partial charge in [0.25, 0.3) is 0 Å². The highest BCUT2D eigenvalue weighted by atomic mass is 19.4. The summed E-state index contributed by atoms with van der Waals surface area (Å²) in [6, 6.07) is 12.1. The number of halogens is 5. The molecule has 2 aliphatic heterocycles. The Morgan fingerprint density at radius 3 is 2.52 bits per heavy atom. The van der Waals surface area contributed by atoms with Crippen LogP contribution in [0.25, 0.3) is 22.6 Å². The largest absolute Gasteiger partial charge is 0.486 e. The molecule has 5 aromatic rings. The van der Waals surface area contributed by atoms with Crippen molar-refractivity contribution in [2.24, 2.45) is 0 Å². The van der Waals surface area contributed by atoms with E-state index in [4.69, 9.17) is 19.7 Å². The van der Waals surface area contributed by atoms with Gasteiger partial charge in [0.2, 0.25) is 5.82 Å². The van der Waals surface area contributed by atoms with Crippen molar-refractivity contribution in [2.75, 3.05) is 37.7 Å². The van der Waals surface area contributed by atoms with Gasteiger partial charge in [0.05, 0.1) is 48.1 Å². The van der Waals surface area contributed by atoms with Crippen LogP contribution in [0, 0.1) is 23.0 Å². The van der Waals surface area contributed by atoms with Crippen molar-refractivity contribution in [3.05, 3.63) is 83.1 Å². The van der Waals surface area contributed by atoms with E-state index in [1.165, 1.54) is 18.2 Å². The summed E-state index contributed by atoms with van der Waals surface area (Å²) in [7, 11) is 0. The molecule has 7 rings (SSSR count). The zero-order valence-electron chi connectivity index (χ0n) is 25.3. The summed E-state index contributed by atoms with van der Waals surface area (Å²) in [6.07, 6.45) is -2.13. The first-order chi connectivity index (χ1) is 23.1. The Labute approximate surface area is 270 Å². The van der Waals surface area contributed by atoms with E-state index in [9.17, 15) is 22.0 Å². The maximum absolute atomic E-state index is 14.6. The van der Waals surface area contributed by atoms with Crippen LogP contribution in [0.2, 0.25) is 0 Å². The van der Waals surface area contributed by atoms with Gasteiger partial charge in [-0.3, -0.25) is 9.88 Å². The Bertz CT molecular complexity index is 1990. The van der Waals surface area contributed by atoms with E-state index in [1.807, 2.05) is 10.6 Å². The van der Waals surface area contributed by atoms with Crippen LogP contribution in [0.4, 0.5) is 27.6 Å². The average molecular weight is 666 g/mol. The standard InChI is InChI=1S/C32H28F5N9O2/c33-23-4-3-21(12-28(23)48-18-20-2-1-19(14-38)11-24(20)34)45-8-6-44(7-9-45)17-29-40-25-13-26(30-41-31(43-42-30)32(35,36)37)39-15-27(25)46(29)16-22-5-10-47-22/h1-4,11-13,15,22H,5-10,16-18H2,(H,41,42,43). The Balaban J connectivity index is 1.04. The van der Waals surface area contributed by atoms with E-state index in [2.05, 4.69) is 30.0 Å². The molecule has 0 bridgehead atoms. The number of rotatable bonds is 9. The van der Waals surface area contributed by atoms with Crippen LogP contribution >= 0.6 is 0 Å². The predicted octanol–water partition coefficient (Wildman–Crippen LogP) is 5.08. The number of anilines is 1. The molecule has 1 N–H and O–H groups in total. The molecule has 3 aromatic heterocycles. The molecule has 5 heterocycles. The highest BCUT2D eigenvalue weighted by Crippen LogP contribution is 2.30. The van der Waals surface area contributed by atoms with Crippen molar-refractivity contribution < 1.29 is 31.4 Å². The lowest BCUT2D eigenvalue weighted by molar-refractivity contribution is -0.144. The molecule has 0 amide bonds. The lowest BCUT2D eigenvalue weighted by Crippen LogP contribution is -2.46. The van der Waals surface area contributed by atoms with Gasteiger partial charge in [0.1, 0.15) is 23.9 Å². The average Bonchev–Trinajstić information content (AvgIpc) is 3.68. The second-order valence-electron chi connectivity index (χ2n) is 11.6. The third-order valence-corrected chi connectivity index (χ3v) is 8.47. The zero-order chi connectivity index (χ0) is 33.4. The molecule has 11 nitrogen and oxygen atoms in total. The summed E-state index contributed by atoms with van der Waals surface area (Å²) < 4.78 is 81.4. The summed E-state index contributed by atoms with van der Waals surface area (Å²) in [5, 5.41) is 15.8. The molecule has 0 radical (unpaired) electrons. The summed E-state index contributed by atoms with van der Waals surface area (Å²) in [6.45, 7) is 4.20. The monoisotopic (exact) mass is 665 g/mol. The van der Waals surface area contributed by atoms with E-state index in [-0.39, 0.29) is 41.1 Å². The van der Waals surface area contributed by atoms with Crippen molar-refractivity contribution in [1.29, 1.82) is 5.26 Å². The van der Waals surface area contributed by atoms with Gasteiger partial charge in [0.15, 0.2) is 17.4 Å². The molecule has 0 saturated carbocycles. The number of fused-ring (bicyclic) bond motifs is 1. The minimum atomic E-state index is -4.66. The number of alkyl halides is 3. The normalized spacial score (nSPS) is 17.0. The van der Waals surface area contributed by atoms with Crippen LogP contribution in [0.1, 0.15) is 29.2 Å². The Hall–Kier alpha value is -5.14. The lowest BCUT2D eigenvalue weighted by atomic mass is 10.1. The van der Waals surface area contributed by atoms with Crippen LogP contribution in [-0.2, 0) is 30.6 Å². The summed E-state index contributed by atoms with van der Waals surface area (Å²) in [4.78, 5) is 15.7. The van der Waals surface area contributed by atoms with Crippen LogP contribution < -0.4 is 9.64 Å². The van der Waals surface area contributed by atoms with Gasteiger partial charge in [-0.1, -0.05) is 6.07 Å². The summed E-state index contributed by atoms with van der Waals surface area (Å²) >= 11 is 0. The first kappa shape index (κ1) is 31.5. The number of nitrogens with zero attached hydrogens (tertiary/aromatic N) is 8. The smallest absolute Gasteiger partial charge is 0.451 e. The van der Waals surface area contributed by atoms with Crippen molar-refractivity contribution in [3.63, 3.8) is 0 Å². The number of benzene rings is 2. The Kier molecular flexibility index (Phi) is 8.40. The zero-order valence-corrected chi connectivity index (χ0v) is 25.3. The summed E-state index contributed by atoms with van der Waals surface area (Å²) in [5.74, 6) is -1.69. The fourth-order valence-electron chi connectivity index (χ4n) is 5.72. The predicted molar refractivity (Wildman–Crippen MR) is 162 cm³/mol. The molecule has 0 spiro atoms. The van der Waals surface area contributed by atoms with Crippen LogP contribution in [0.15, 0.2) is 48.7 Å². The molecular weight excluding hydrogens is 637 g/mol. The number of nitriles is 1. The van der Waals surface area contributed by atoms with E-state index >= 15 is 0 Å². The maximum atomic E-state index is 14.6. The van der Waals surface area contributed by atoms with Crippen molar-refractivity contribution in [1.82, 2.24) is 34.6 Å². The second kappa shape index (κ2) is 12.8. The molecule has 2 aliphatic rings. The number of aromatic amines is 1. The highest BCUT2D eigenvalue weighted by molar-refractivity contribution is 5.79. The van der Waals surface area contributed by atoms with Gasteiger partial charge in [-0.15, -0.1) is 10.2 Å². The number of piperazine rings is 1. The Morgan fingerprint density at radius 2 is 1.83 bits per heavy atom. The molecule has 248 valence electrons. The molecule has 2 fully saturated rings. The summed E-state index contributed by atoms with van der Waals surface area (Å²) in [5.41, 5.74) is 2.66. The first-order valence-corrected chi connectivity index (χ1v) is 15.2. The SMILES string of the molecule is N#Cc1ccc(COc2cc(N3CCN(Cc4nc5cc(-c6nnc(C(F)(F)F)[nH]6)ncc5n4CC4CCO4)CC3)ccc2F)c(F)c1. The molecular formula is C32H28F5N9O2. The number of pyridine rings is 1. The molecule has 48 heavy (non-hydrogen) atoms. The van der Waals surface area contributed by atoms with Gasteiger partial charge in [-0.2, -0.15) is 18.4 Å². The van der Waals surface area contributed by atoms with Crippen LogP contribution in [0.3, 0.4) is 0 Å². The Morgan fingerprint density at radius 1 is 1.02 bits per heavy atom. The second-order valence-corrected chi connectivity index (χ2v) is 11.6. The minimum Gasteiger partial charge on any atom is -0.486 e. The van der Waals surface area contributed by atoms with E-state index in [0.29, 0.717) is 51.4 Å². The first-order valence-electron chi connectivity index (χ1n) is 15.2. The quantitative estimate of drug-likeness (QED) is 0.215. The molecule has 2 aromatic carbocycles. The molecule has 0 aliphatic carbocycles. The molecule has 2 saturated heterocycles. The third kappa shape index (κ3) is 6.51. The minimum absolute atomic E-state index is 0.00133.